The third-order valence-electron chi connectivity index (χ3n) is 5.10. The fourth-order valence-corrected chi connectivity index (χ4v) is 3.18. The molecule has 134 valence electrons. The van der Waals surface area contributed by atoms with Crippen LogP contribution in [0.1, 0.15) is 56.2 Å². The molecule has 24 heavy (non-hydrogen) atoms. The molecule has 0 radical (unpaired) electrons. The summed E-state index contributed by atoms with van der Waals surface area (Å²) in [6.07, 6.45) is 3.91. The molecule has 0 aromatic heterocycles. The van der Waals surface area contributed by atoms with Gasteiger partial charge in [0.15, 0.2) is 0 Å². The molecule has 2 rings (SSSR count). The first kappa shape index (κ1) is 20.2. The monoisotopic (exact) mass is 334 g/mol. The highest BCUT2D eigenvalue weighted by atomic mass is 16.4. The third-order valence-corrected chi connectivity index (χ3v) is 5.10. The molecule has 3 unspecified atom stereocenters. The summed E-state index contributed by atoms with van der Waals surface area (Å²) in [5.74, 6) is 0.520. The molecule has 0 saturated heterocycles. The number of aliphatic carboxylic acids is 2. The van der Waals surface area contributed by atoms with E-state index in [2.05, 4.69) is 13.8 Å². The Morgan fingerprint density at radius 3 is 2.17 bits per heavy atom. The van der Waals surface area contributed by atoms with Crippen molar-refractivity contribution in [3.8, 4) is 0 Å². The van der Waals surface area contributed by atoms with Crippen molar-refractivity contribution < 1.29 is 19.8 Å². The van der Waals surface area contributed by atoms with E-state index >= 15 is 0 Å². The third kappa shape index (κ3) is 7.16. The lowest BCUT2D eigenvalue weighted by atomic mass is 9.75. The molecule has 0 heterocycles. The van der Waals surface area contributed by atoms with E-state index in [4.69, 9.17) is 10.2 Å². The summed E-state index contributed by atoms with van der Waals surface area (Å²) >= 11 is 0. The van der Waals surface area contributed by atoms with Crippen molar-refractivity contribution >= 4 is 11.9 Å². The van der Waals surface area contributed by atoms with E-state index in [1.807, 2.05) is 32.0 Å². The van der Waals surface area contributed by atoms with Crippen LogP contribution in [0, 0.1) is 31.6 Å². The van der Waals surface area contributed by atoms with Gasteiger partial charge in [0.25, 0.3) is 0 Å². The molecule has 1 fully saturated rings. The van der Waals surface area contributed by atoms with E-state index in [0.717, 1.165) is 29.9 Å². The standard InChI is InChI=1S/C10H18O2.C10H12O2/c2*1-7-3-4-9(5-8(7)2)6-10(11)12/h7-9H,3-6H2,1-2H3,(H,11,12);3-5H,6H2,1-2H3,(H,11,12). The number of rotatable bonds is 4. The van der Waals surface area contributed by atoms with Gasteiger partial charge in [-0.15, -0.1) is 0 Å². The van der Waals surface area contributed by atoms with Crippen molar-refractivity contribution in [1.82, 2.24) is 0 Å². The highest BCUT2D eigenvalue weighted by molar-refractivity contribution is 5.70. The molecule has 1 aromatic carbocycles. The minimum Gasteiger partial charge on any atom is -0.481 e. The zero-order chi connectivity index (χ0) is 18.3. The summed E-state index contributed by atoms with van der Waals surface area (Å²) in [4.78, 5) is 20.8. The maximum atomic E-state index is 10.5. The van der Waals surface area contributed by atoms with Gasteiger partial charge >= 0.3 is 11.9 Å². The van der Waals surface area contributed by atoms with E-state index in [1.165, 1.54) is 12.0 Å². The lowest BCUT2D eigenvalue weighted by Crippen LogP contribution is -2.22. The molecule has 4 heteroatoms. The number of carboxylic acid groups (broad SMARTS) is 2. The molecule has 4 nitrogen and oxygen atoms in total. The first-order valence-electron chi connectivity index (χ1n) is 8.68. The Balaban J connectivity index is 0.000000240. The number of carboxylic acids is 2. The van der Waals surface area contributed by atoms with Crippen LogP contribution >= 0.6 is 0 Å². The smallest absolute Gasteiger partial charge is 0.307 e. The Kier molecular flexibility index (Phi) is 7.96. The van der Waals surface area contributed by atoms with Gasteiger partial charge in [-0.1, -0.05) is 38.5 Å². The van der Waals surface area contributed by atoms with Crippen LogP contribution in [0.5, 0.6) is 0 Å². The van der Waals surface area contributed by atoms with Gasteiger partial charge in [0, 0.05) is 6.42 Å². The topological polar surface area (TPSA) is 74.6 Å². The average molecular weight is 334 g/mol. The predicted molar refractivity (Wildman–Crippen MR) is 95.2 cm³/mol. The van der Waals surface area contributed by atoms with Crippen molar-refractivity contribution in [3.05, 3.63) is 34.9 Å². The van der Waals surface area contributed by atoms with Crippen molar-refractivity contribution in [3.63, 3.8) is 0 Å². The van der Waals surface area contributed by atoms with Gasteiger partial charge in [0.05, 0.1) is 6.42 Å². The lowest BCUT2D eigenvalue weighted by Gasteiger charge is -2.31. The zero-order valence-corrected chi connectivity index (χ0v) is 15.2. The quantitative estimate of drug-likeness (QED) is 0.852. The summed E-state index contributed by atoms with van der Waals surface area (Å²) < 4.78 is 0. The molecule has 0 amide bonds. The first-order valence-corrected chi connectivity index (χ1v) is 8.68. The van der Waals surface area contributed by atoms with Gasteiger partial charge in [-0.05, 0) is 61.1 Å². The summed E-state index contributed by atoms with van der Waals surface area (Å²) in [5.41, 5.74) is 3.21. The fourth-order valence-electron chi connectivity index (χ4n) is 3.18. The number of aryl methyl sites for hydroxylation is 2. The highest BCUT2D eigenvalue weighted by Crippen LogP contribution is 2.34. The van der Waals surface area contributed by atoms with Crippen LogP contribution in [-0.2, 0) is 16.0 Å². The number of hydrogen-bond donors (Lipinski definition) is 2. The molecule has 0 aliphatic heterocycles. The van der Waals surface area contributed by atoms with Gasteiger partial charge in [0.2, 0.25) is 0 Å². The minimum absolute atomic E-state index is 0.112. The molecule has 1 aliphatic carbocycles. The molecular formula is C20H30O4. The number of benzene rings is 1. The first-order chi connectivity index (χ1) is 11.2. The Labute approximate surface area is 144 Å². The molecule has 1 aliphatic rings. The Morgan fingerprint density at radius 1 is 1.00 bits per heavy atom. The second-order valence-electron chi connectivity index (χ2n) is 7.22. The van der Waals surface area contributed by atoms with Crippen LogP contribution < -0.4 is 0 Å². The normalized spacial score (nSPS) is 23.1. The van der Waals surface area contributed by atoms with Crippen molar-refractivity contribution in [2.45, 2.75) is 59.8 Å². The molecule has 1 aromatic rings. The van der Waals surface area contributed by atoms with Gasteiger partial charge in [-0.2, -0.15) is 0 Å². The highest BCUT2D eigenvalue weighted by Gasteiger charge is 2.25. The zero-order valence-electron chi connectivity index (χ0n) is 15.2. The van der Waals surface area contributed by atoms with E-state index in [9.17, 15) is 9.59 Å². The predicted octanol–water partition coefficient (Wildman–Crippen LogP) is 4.46. The SMILES string of the molecule is CC1CCC(CC(=O)O)CC1C.Cc1ccc(CC(=O)O)cc1C. The van der Waals surface area contributed by atoms with Crippen LogP contribution in [0.25, 0.3) is 0 Å². The molecule has 2 N–H and O–H groups in total. The minimum atomic E-state index is -0.779. The van der Waals surface area contributed by atoms with Crippen LogP contribution in [0.3, 0.4) is 0 Å². The molecular weight excluding hydrogens is 304 g/mol. The Morgan fingerprint density at radius 2 is 1.67 bits per heavy atom. The summed E-state index contributed by atoms with van der Waals surface area (Å²) in [5, 5.41) is 17.1. The van der Waals surface area contributed by atoms with E-state index < -0.39 is 11.9 Å². The Hall–Kier alpha value is -1.84. The second kappa shape index (κ2) is 9.45. The lowest BCUT2D eigenvalue weighted by molar-refractivity contribution is -0.139. The molecule has 0 bridgehead atoms. The molecule has 3 atom stereocenters. The van der Waals surface area contributed by atoms with Crippen LogP contribution in [0.2, 0.25) is 0 Å². The van der Waals surface area contributed by atoms with E-state index in [1.54, 1.807) is 0 Å². The number of carbonyl (C=O) groups is 2. The summed E-state index contributed by atoms with van der Waals surface area (Å²) in [6, 6.07) is 5.73. The van der Waals surface area contributed by atoms with Crippen LogP contribution in [0.4, 0.5) is 0 Å². The van der Waals surface area contributed by atoms with Crippen LogP contribution in [-0.4, -0.2) is 22.2 Å². The Bertz CT molecular complexity index is 565. The summed E-state index contributed by atoms with van der Waals surface area (Å²) in [7, 11) is 0. The van der Waals surface area contributed by atoms with Gasteiger partial charge in [-0.25, -0.2) is 0 Å². The maximum absolute atomic E-state index is 10.5. The van der Waals surface area contributed by atoms with E-state index in [-0.39, 0.29) is 6.42 Å². The van der Waals surface area contributed by atoms with E-state index in [0.29, 0.717) is 18.3 Å². The van der Waals surface area contributed by atoms with Crippen molar-refractivity contribution in [2.24, 2.45) is 17.8 Å². The molecule has 0 spiro atoms. The second-order valence-corrected chi connectivity index (χ2v) is 7.22. The van der Waals surface area contributed by atoms with Crippen molar-refractivity contribution in [2.75, 3.05) is 0 Å². The summed E-state index contributed by atoms with van der Waals surface area (Å²) in [6.45, 7) is 8.50. The largest absolute Gasteiger partial charge is 0.481 e. The van der Waals surface area contributed by atoms with Crippen molar-refractivity contribution in [1.29, 1.82) is 0 Å². The average Bonchev–Trinajstić information content (AvgIpc) is 2.46. The van der Waals surface area contributed by atoms with Gasteiger partial charge in [0.1, 0.15) is 0 Å². The molecule has 1 saturated carbocycles. The fraction of sp³-hybridized carbons (Fsp3) is 0.600. The van der Waals surface area contributed by atoms with Gasteiger partial charge < -0.3 is 10.2 Å². The van der Waals surface area contributed by atoms with Crippen LogP contribution in [0.15, 0.2) is 18.2 Å². The maximum Gasteiger partial charge on any atom is 0.307 e. The van der Waals surface area contributed by atoms with Gasteiger partial charge in [-0.3, -0.25) is 9.59 Å². The number of hydrogen-bond acceptors (Lipinski definition) is 2.